The number of amides is 1. The molecule has 0 aliphatic carbocycles. The summed E-state index contributed by atoms with van der Waals surface area (Å²) >= 11 is 0. The maximum atomic E-state index is 13.1. The van der Waals surface area contributed by atoms with Gasteiger partial charge in [-0.1, -0.05) is 42.5 Å². The summed E-state index contributed by atoms with van der Waals surface area (Å²) in [6.07, 6.45) is -0.213. The van der Waals surface area contributed by atoms with Crippen molar-refractivity contribution in [1.29, 1.82) is 0 Å². The van der Waals surface area contributed by atoms with Crippen LogP contribution < -0.4 is 15.4 Å². The van der Waals surface area contributed by atoms with Gasteiger partial charge in [-0.05, 0) is 34.5 Å². The van der Waals surface area contributed by atoms with Crippen LogP contribution in [-0.4, -0.2) is 72.7 Å². The number of carbonyl (C=O) groups excluding carboxylic acids is 1. The van der Waals surface area contributed by atoms with Gasteiger partial charge >= 0.3 is 0 Å². The smallest absolute Gasteiger partial charge is 0.251 e. The van der Waals surface area contributed by atoms with Crippen LogP contribution in [0.25, 0.3) is 21.9 Å². The van der Waals surface area contributed by atoms with E-state index in [0.717, 1.165) is 16.3 Å². The number of aromatic nitrogens is 4. The Morgan fingerprint density at radius 1 is 1.10 bits per heavy atom. The summed E-state index contributed by atoms with van der Waals surface area (Å²) in [4.78, 5) is 26.4. The van der Waals surface area contributed by atoms with Crippen molar-refractivity contribution in [3.05, 3.63) is 84.4 Å². The number of nitrogens with one attached hydrogen (secondary N) is 2. The molecule has 3 heterocycles. The number of hydrogen-bond donors (Lipinski definition) is 5. The molecule has 1 fully saturated rings. The van der Waals surface area contributed by atoms with E-state index in [1.54, 1.807) is 4.57 Å². The van der Waals surface area contributed by atoms with Crippen molar-refractivity contribution in [3.63, 3.8) is 0 Å². The molecular formula is C29H28N6O6. The first-order chi connectivity index (χ1) is 20.0. The predicted octanol–water partition coefficient (Wildman–Crippen LogP) is 2.35. The molecule has 5 aromatic rings. The van der Waals surface area contributed by atoms with Crippen LogP contribution in [0.3, 0.4) is 0 Å². The number of phenolic OH excluding ortho intramolecular Hbond substituents is 1. The second-order valence-corrected chi connectivity index (χ2v) is 9.66. The summed E-state index contributed by atoms with van der Waals surface area (Å²) in [5, 5.41) is 39.1. The fourth-order valence-electron chi connectivity index (χ4n) is 5.14. The number of fused-ring (bicyclic) bond motifs is 2. The Morgan fingerprint density at radius 2 is 1.93 bits per heavy atom. The molecule has 0 saturated carbocycles. The molecule has 12 nitrogen and oxygen atoms in total. The van der Waals surface area contributed by atoms with Gasteiger partial charge in [-0.3, -0.25) is 9.36 Å². The van der Waals surface area contributed by atoms with Gasteiger partial charge < -0.3 is 35.4 Å². The van der Waals surface area contributed by atoms with Crippen LogP contribution in [0.5, 0.6) is 11.5 Å². The fourth-order valence-corrected chi connectivity index (χ4v) is 5.14. The van der Waals surface area contributed by atoms with Gasteiger partial charge in [-0.25, -0.2) is 15.0 Å². The van der Waals surface area contributed by atoms with Crippen LogP contribution in [0.2, 0.25) is 0 Å². The number of carbonyl (C=O) groups is 1. The largest absolute Gasteiger partial charge is 0.504 e. The molecule has 1 aliphatic heterocycles. The monoisotopic (exact) mass is 556 g/mol. The number of methoxy groups -OCH3 is 1. The minimum Gasteiger partial charge on any atom is -0.504 e. The molecule has 0 spiro atoms. The molecule has 4 atom stereocenters. The molecule has 0 bridgehead atoms. The number of ether oxygens (including phenoxy) is 2. The minimum atomic E-state index is -1.23. The second-order valence-electron chi connectivity index (χ2n) is 9.66. The third-order valence-corrected chi connectivity index (χ3v) is 7.25. The molecule has 0 unspecified atom stereocenters. The van der Waals surface area contributed by atoms with Gasteiger partial charge in [0, 0.05) is 12.1 Å². The number of aliphatic hydroxyl groups excluding tert-OH is 2. The zero-order valence-electron chi connectivity index (χ0n) is 22.0. The zero-order chi connectivity index (χ0) is 28.5. The average molecular weight is 557 g/mol. The van der Waals surface area contributed by atoms with Crippen molar-refractivity contribution in [2.24, 2.45) is 0 Å². The van der Waals surface area contributed by atoms with E-state index < -0.39 is 37.0 Å². The lowest BCUT2D eigenvalue weighted by atomic mass is 10.0. The van der Waals surface area contributed by atoms with Crippen LogP contribution in [-0.2, 0) is 11.3 Å². The maximum Gasteiger partial charge on any atom is 0.251 e. The first-order valence-corrected chi connectivity index (χ1v) is 13.0. The van der Waals surface area contributed by atoms with E-state index in [2.05, 4.69) is 43.8 Å². The summed E-state index contributed by atoms with van der Waals surface area (Å²) in [5.74, 6) is -0.000769. The molecule has 210 valence electrons. The van der Waals surface area contributed by atoms with Gasteiger partial charge in [0.25, 0.3) is 5.91 Å². The third kappa shape index (κ3) is 4.88. The zero-order valence-corrected chi connectivity index (χ0v) is 22.0. The highest BCUT2D eigenvalue weighted by molar-refractivity contribution is 5.95. The lowest BCUT2D eigenvalue weighted by Crippen LogP contribution is -2.46. The molecule has 41 heavy (non-hydrogen) atoms. The van der Waals surface area contributed by atoms with Crippen molar-refractivity contribution in [1.82, 2.24) is 24.8 Å². The van der Waals surface area contributed by atoms with E-state index in [-0.39, 0.29) is 17.1 Å². The number of anilines is 1. The number of hydrogen-bond acceptors (Lipinski definition) is 10. The van der Waals surface area contributed by atoms with E-state index in [9.17, 15) is 20.1 Å². The maximum absolute atomic E-state index is 13.1. The highest BCUT2D eigenvalue weighted by Gasteiger charge is 2.46. The lowest BCUT2D eigenvalue weighted by Gasteiger charge is -2.23. The molecule has 12 heteroatoms. The highest BCUT2D eigenvalue weighted by atomic mass is 16.5. The molecule has 1 aliphatic rings. The molecule has 5 N–H and O–H groups in total. The Labute approximate surface area is 234 Å². The molecule has 1 saturated heterocycles. The Hall–Kier alpha value is -4.78. The van der Waals surface area contributed by atoms with Crippen LogP contribution in [0.4, 0.5) is 5.82 Å². The summed E-state index contributed by atoms with van der Waals surface area (Å²) in [6, 6.07) is 17.5. The first-order valence-electron chi connectivity index (χ1n) is 13.0. The molecular weight excluding hydrogens is 528 g/mol. The van der Waals surface area contributed by atoms with Crippen molar-refractivity contribution < 1.29 is 29.6 Å². The van der Waals surface area contributed by atoms with Crippen molar-refractivity contribution in [2.75, 3.05) is 19.0 Å². The summed E-state index contributed by atoms with van der Waals surface area (Å²) < 4.78 is 12.7. The van der Waals surface area contributed by atoms with E-state index in [0.29, 0.717) is 23.5 Å². The van der Waals surface area contributed by atoms with Gasteiger partial charge in [0.05, 0.1) is 20.0 Å². The summed E-state index contributed by atoms with van der Waals surface area (Å²) in [7, 11) is 1.38. The van der Waals surface area contributed by atoms with Crippen molar-refractivity contribution >= 4 is 33.7 Å². The second kappa shape index (κ2) is 11.0. The third-order valence-electron chi connectivity index (χ3n) is 7.25. The Kier molecular flexibility index (Phi) is 7.10. The SMILES string of the molecule is COc1cc(C(=O)N[C@@H]2[C@H](O)[C@@H](CO)O[C@H]2n2cnc3c(NCc4cccc5ccccc45)ncnc32)ccc1O. The van der Waals surface area contributed by atoms with E-state index in [4.69, 9.17) is 9.47 Å². The lowest BCUT2D eigenvalue weighted by molar-refractivity contribution is -0.0440. The number of benzene rings is 3. The van der Waals surface area contributed by atoms with Gasteiger partial charge in [-0.15, -0.1) is 0 Å². The van der Waals surface area contributed by atoms with Crippen molar-refractivity contribution in [2.45, 2.75) is 31.0 Å². The van der Waals surface area contributed by atoms with Gasteiger partial charge in [0.2, 0.25) is 0 Å². The Balaban J connectivity index is 1.28. The van der Waals surface area contributed by atoms with Crippen LogP contribution in [0.1, 0.15) is 22.1 Å². The summed E-state index contributed by atoms with van der Waals surface area (Å²) in [5.41, 5.74) is 2.19. The Morgan fingerprint density at radius 3 is 2.76 bits per heavy atom. The normalized spacial score (nSPS) is 20.4. The van der Waals surface area contributed by atoms with E-state index >= 15 is 0 Å². The fraction of sp³-hybridized carbons (Fsp3) is 0.241. The van der Waals surface area contributed by atoms with Gasteiger partial charge in [0.15, 0.2) is 34.7 Å². The molecule has 0 radical (unpaired) electrons. The predicted molar refractivity (Wildman–Crippen MR) is 150 cm³/mol. The molecule has 3 aromatic carbocycles. The summed E-state index contributed by atoms with van der Waals surface area (Å²) in [6.45, 7) is 0.0385. The number of phenols is 1. The standard InChI is InChI=1S/C29H28N6O6/c1-40-21-11-17(9-10-20(21)37)28(39)34-23-25(38)22(13-36)41-29(23)35-15-33-24-26(31-14-32-27(24)35)30-12-18-7-4-6-16-5-2-3-8-19(16)18/h2-11,14-15,22-23,25,29,36-38H,12-13H2,1H3,(H,34,39)(H,30,31,32)/t22-,23-,25-,29-/m1/s1. The highest BCUT2D eigenvalue weighted by Crippen LogP contribution is 2.33. The Bertz CT molecular complexity index is 1720. The molecule has 2 aromatic heterocycles. The first kappa shape index (κ1) is 26.4. The molecule has 6 rings (SSSR count). The van der Waals surface area contributed by atoms with Crippen LogP contribution in [0, 0.1) is 0 Å². The van der Waals surface area contributed by atoms with E-state index in [1.807, 2.05) is 24.3 Å². The van der Waals surface area contributed by atoms with Crippen molar-refractivity contribution in [3.8, 4) is 11.5 Å². The van der Waals surface area contributed by atoms with Gasteiger partial charge in [0.1, 0.15) is 24.6 Å². The number of nitrogens with zero attached hydrogens (tertiary/aromatic N) is 4. The van der Waals surface area contributed by atoms with Crippen LogP contribution >= 0.6 is 0 Å². The van der Waals surface area contributed by atoms with Crippen LogP contribution in [0.15, 0.2) is 73.3 Å². The van der Waals surface area contributed by atoms with Gasteiger partial charge in [-0.2, -0.15) is 0 Å². The molecule has 1 amide bonds. The number of aliphatic hydroxyl groups is 2. The minimum absolute atomic E-state index is 0.110. The average Bonchev–Trinajstić information content (AvgIpc) is 3.57. The number of imidazole rings is 1. The number of rotatable bonds is 8. The quantitative estimate of drug-likeness (QED) is 0.192. The number of aromatic hydroxyl groups is 1. The topological polar surface area (TPSA) is 164 Å². The van der Waals surface area contributed by atoms with E-state index in [1.165, 1.54) is 38.0 Å².